The van der Waals surface area contributed by atoms with Crippen LogP contribution in [0.4, 0.5) is 0 Å². The summed E-state index contributed by atoms with van der Waals surface area (Å²) >= 11 is 0. The number of hydrogen-bond donors (Lipinski definition) is 0. The molecule has 0 fully saturated rings. The number of carbonyl (C=O) groups excluding carboxylic acids is 1. The first-order valence-corrected chi connectivity index (χ1v) is 5.53. The van der Waals surface area contributed by atoms with Gasteiger partial charge in [0.2, 0.25) is 5.91 Å². The molecule has 0 bridgehead atoms. The Morgan fingerprint density at radius 3 is 2.35 bits per heavy atom. The molecule has 1 aromatic carbocycles. The number of rotatable bonds is 5. The van der Waals surface area contributed by atoms with E-state index < -0.39 is 0 Å². The second kappa shape index (κ2) is 6.25. The van der Waals surface area contributed by atoms with Crippen LogP contribution in [0, 0.1) is 0 Å². The van der Waals surface area contributed by atoms with Crippen molar-refractivity contribution in [2.75, 3.05) is 21.3 Å². The Kier molecular flexibility index (Phi) is 4.97. The van der Waals surface area contributed by atoms with Gasteiger partial charge in [0.25, 0.3) is 0 Å². The maximum Gasteiger partial charge on any atom is 0.246 e. The number of hydrogen-bond acceptors (Lipinski definition) is 3. The zero-order valence-corrected chi connectivity index (χ0v) is 10.8. The van der Waals surface area contributed by atoms with Gasteiger partial charge in [-0.3, -0.25) is 9.63 Å². The van der Waals surface area contributed by atoms with E-state index in [0.29, 0.717) is 6.42 Å². The Labute approximate surface area is 102 Å². The second-order valence-corrected chi connectivity index (χ2v) is 3.95. The van der Waals surface area contributed by atoms with Crippen molar-refractivity contribution in [2.24, 2.45) is 0 Å². The molecule has 1 rings (SSSR count). The van der Waals surface area contributed by atoms with Crippen LogP contribution in [0.3, 0.4) is 0 Å². The van der Waals surface area contributed by atoms with Crippen LogP contribution in [-0.2, 0) is 9.63 Å². The summed E-state index contributed by atoms with van der Waals surface area (Å²) < 4.78 is 5.09. The molecular formula is C13H19NO3. The van der Waals surface area contributed by atoms with Crippen LogP contribution in [0.2, 0.25) is 0 Å². The topological polar surface area (TPSA) is 38.8 Å². The van der Waals surface area contributed by atoms with Crippen molar-refractivity contribution < 1.29 is 14.4 Å². The molecule has 0 aliphatic rings. The molecule has 0 unspecified atom stereocenters. The SMILES string of the molecule is COc1ccc([C@H](C)CC(=O)N(C)OC)cc1. The van der Waals surface area contributed by atoms with E-state index in [1.54, 1.807) is 14.2 Å². The Bertz CT molecular complexity index is 361. The van der Waals surface area contributed by atoms with E-state index >= 15 is 0 Å². The number of ether oxygens (including phenoxy) is 1. The summed E-state index contributed by atoms with van der Waals surface area (Å²) in [6.45, 7) is 2.02. The maximum atomic E-state index is 11.7. The average molecular weight is 237 g/mol. The summed E-state index contributed by atoms with van der Waals surface area (Å²) in [4.78, 5) is 16.5. The predicted octanol–water partition coefficient (Wildman–Crippen LogP) is 2.21. The molecule has 0 heterocycles. The molecule has 1 atom stereocenters. The minimum absolute atomic E-state index is 0.0316. The van der Waals surface area contributed by atoms with Crippen molar-refractivity contribution in [3.63, 3.8) is 0 Å². The van der Waals surface area contributed by atoms with Crippen molar-refractivity contribution in [1.82, 2.24) is 5.06 Å². The normalized spacial score (nSPS) is 12.0. The van der Waals surface area contributed by atoms with Gasteiger partial charge in [0.15, 0.2) is 0 Å². The summed E-state index contributed by atoms with van der Waals surface area (Å²) in [7, 11) is 4.73. The third-order valence-corrected chi connectivity index (χ3v) is 2.79. The fourth-order valence-electron chi connectivity index (χ4n) is 1.54. The Morgan fingerprint density at radius 1 is 1.29 bits per heavy atom. The van der Waals surface area contributed by atoms with Crippen LogP contribution in [0.5, 0.6) is 5.75 Å². The third kappa shape index (κ3) is 3.75. The van der Waals surface area contributed by atoms with Gasteiger partial charge in [0.05, 0.1) is 14.2 Å². The van der Waals surface area contributed by atoms with E-state index in [1.165, 1.54) is 12.2 Å². The monoisotopic (exact) mass is 237 g/mol. The largest absolute Gasteiger partial charge is 0.497 e. The van der Waals surface area contributed by atoms with Gasteiger partial charge >= 0.3 is 0 Å². The van der Waals surface area contributed by atoms with Crippen molar-refractivity contribution in [3.8, 4) is 5.75 Å². The van der Waals surface area contributed by atoms with Crippen molar-refractivity contribution in [2.45, 2.75) is 19.3 Å². The summed E-state index contributed by atoms with van der Waals surface area (Å²) in [5, 5.41) is 1.25. The van der Waals surface area contributed by atoms with Gasteiger partial charge in [-0.15, -0.1) is 0 Å². The Morgan fingerprint density at radius 2 is 1.88 bits per heavy atom. The van der Waals surface area contributed by atoms with E-state index in [-0.39, 0.29) is 11.8 Å². The second-order valence-electron chi connectivity index (χ2n) is 3.95. The van der Waals surface area contributed by atoms with Crippen molar-refractivity contribution in [1.29, 1.82) is 0 Å². The van der Waals surface area contributed by atoms with E-state index in [4.69, 9.17) is 9.57 Å². The summed E-state index contributed by atoms with van der Waals surface area (Å²) in [5.74, 6) is 0.947. The van der Waals surface area contributed by atoms with Gasteiger partial charge in [-0.2, -0.15) is 0 Å². The fraction of sp³-hybridized carbons (Fsp3) is 0.462. The number of hydroxylamine groups is 2. The minimum atomic E-state index is -0.0316. The molecule has 0 aliphatic carbocycles. The Balaban J connectivity index is 2.63. The van der Waals surface area contributed by atoms with Gasteiger partial charge in [0, 0.05) is 13.5 Å². The van der Waals surface area contributed by atoms with Crippen LogP contribution in [0.1, 0.15) is 24.8 Å². The van der Waals surface area contributed by atoms with Crippen LogP contribution < -0.4 is 4.74 Å². The molecule has 94 valence electrons. The minimum Gasteiger partial charge on any atom is -0.497 e. The van der Waals surface area contributed by atoms with Gasteiger partial charge < -0.3 is 4.74 Å². The molecule has 0 N–H and O–H groups in total. The first-order valence-electron chi connectivity index (χ1n) is 5.53. The fourth-order valence-corrected chi connectivity index (χ4v) is 1.54. The maximum absolute atomic E-state index is 11.7. The van der Waals surface area contributed by atoms with E-state index in [9.17, 15) is 4.79 Å². The van der Waals surface area contributed by atoms with E-state index in [2.05, 4.69) is 0 Å². The third-order valence-electron chi connectivity index (χ3n) is 2.79. The standard InChI is InChI=1S/C13H19NO3/c1-10(9-13(15)14(2)17-4)11-5-7-12(16-3)8-6-11/h5-8,10H,9H2,1-4H3/t10-/m1/s1. The quantitative estimate of drug-likeness (QED) is 0.737. The van der Waals surface area contributed by atoms with Crippen molar-refractivity contribution in [3.05, 3.63) is 29.8 Å². The van der Waals surface area contributed by atoms with Crippen LogP contribution in [0.15, 0.2) is 24.3 Å². The summed E-state index contributed by atoms with van der Waals surface area (Å²) in [6.07, 6.45) is 0.427. The van der Waals surface area contributed by atoms with Crippen LogP contribution >= 0.6 is 0 Å². The molecule has 4 nitrogen and oxygen atoms in total. The van der Waals surface area contributed by atoms with Crippen LogP contribution in [-0.4, -0.2) is 32.2 Å². The van der Waals surface area contributed by atoms with Gasteiger partial charge in [-0.05, 0) is 23.6 Å². The number of amides is 1. The summed E-state index contributed by atoms with van der Waals surface area (Å²) in [6, 6.07) is 7.75. The highest BCUT2D eigenvalue weighted by atomic mass is 16.7. The van der Waals surface area contributed by atoms with Gasteiger partial charge in [0.1, 0.15) is 5.75 Å². The number of nitrogens with zero attached hydrogens (tertiary/aromatic N) is 1. The molecule has 0 aliphatic heterocycles. The van der Waals surface area contributed by atoms with E-state index in [0.717, 1.165) is 11.3 Å². The lowest BCUT2D eigenvalue weighted by Crippen LogP contribution is -2.26. The van der Waals surface area contributed by atoms with E-state index in [1.807, 2.05) is 31.2 Å². The molecule has 0 spiro atoms. The zero-order valence-electron chi connectivity index (χ0n) is 10.8. The van der Waals surface area contributed by atoms with Crippen LogP contribution in [0.25, 0.3) is 0 Å². The lowest BCUT2D eigenvalue weighted by Gasteiger charge is -2.17. The summed E-state index contributed by atoms with van der Waals surface area (Å²) in [5.41, 5.74) is 1.11. The highest BCUT2D eigenvalue weighted by Crippen LogP contribution is 2.22. The smallest absolute Gasteiger partial charge is 0.246 e. The van der Waals surface area contributed by atoms with Crippen molar-refractivity contribution >= 4 is 5.91 Å². The predicted molar refractivity (Wildman–Crippen MR) is 65.8 cm³/mol. The molecule has 0 aromatic heterocycles. The molecule has 17 heavy (non-hydrogen) atoms. The lowest BCUT2D eigenvalue weighted by molar-refractivity contribution is -0.169. The first kappa shape index (κ1) is 13.5. The molecule has 0 radical (unpaired) electrons. The molecule has 1 amide bonds. The Hall–Kier alpha value is -1.55. The highest BCUT2D eigenvalue weighted by molar-refractivity contribution is 5.75. The highest BCUT2D eigenvalue weighted by Gasteiger charge is 2.14. The number of benzene rings is 1. The number of carbonyl (C=O) groups is 1. The molecule has 0 saturated heterocycles. The van der Waals surface area contributed by atoms with Gasteiger partial charge in [-0.25, -0.2) is 5.06 Å². The van der Waals surface area contributed by atoms with Gasteiger partial charge in [-0.1, -0.05) is 19.1 Å². The molecule has 0 saturated carbocycles. The number of methoxy groups -OCH3 is 1. The first-order chi connectivity index (χ1) is 8.08. The molecule has 1 aromatic rings. The molecule has 4 heteroatoms. The zero-order chi connectivity index (χ0) is 12.8. The average Bonchev–Trinajstić information content (AvgIpc) is 2.37. The lowest BCUT2D eigenvalue weighted by atomic mass is 9.97. The molecular weight excluding hydrogens is 218 g/mol.